The molecule has 0 heterocycles. The summed E-state index contributed by atoms with van der Waals surface area (Å²) < 4.78 is 5.33. The fraction of sp³-hybridized carbons (Fsp3) is 0.286. The average molecular weight is 247 g/mol. The second-order valence-electron chi connectivity index (χ2n) is 4.30. The van der Waals surface area contributed by atoms with Gasteiger partial charge in [0.25, 0.3) is 0 Å². The minimum Gasteiger partial charge on any atom is -0.425 e. The summed E-state index contributed by atoms with van der Waals surface area (Å²) in [6.07, 6.45) is 2.78. The summed E-state index contributed by atoms with van der Waals surface area (Å²) in [6.45, 7) is 5.36. The van der Waals surface area contributed by atoms with E-state index in [1.165, 1.54) is 12.2 Å². The van der Waals surface area contributed by atoms with Crippen LogP contribution in [0.15, 0.2) is 24.3 Å². The molecule has 0 unspecified atom stereocenters. The molecular weight excluding hydrogens is 230 g/mol. The zero-order valence-corrected chi connectivity index (χ0v) is 10.8. The molecule has 0 bridgehead atoms. The number of carbonyl (C=O) groups excluding carboxylic acids is 2. The van der Waals surface area contributed by atoms with Crippen molar-refractivity contribution in [3.05, 3.63) is 35.4 Å². The van der Waals surface area contributed by atoms with Crippen molar-refractivity contribution in [2.45, 2.75) is 20.8 Å². The van der Waals surface area contributed by atoms with Gasteiger partial charge < -0.3 is 10.5 Å². The summed E-state index contributed by atoms with van der Waals surface area (Å²) in [4.78, 5) is 22.3. The van der Waals surface area contributed by atoms with Gasteiger partial charge in [-0.25, -0.2) is 0 Å². The number of hydrogen-bond donors (Lipinski definition) is 1. The fourth-order valence-corrected chi connectivity index (χ4v) is 1.34. The van der Waals surface area contributed by atoms with Crippen LogP contribution >= 0.6 is 0 Å². The predicted octanol–water partition coefficient (Wildman–Crippen LogP) is 2.05. The maximum Gasteiger partial charge on any atom is 0.313 e. The monoisotopic (exact) mass is 247 g/mol. The summed E-state index contributed by atoms with van der Waals surface area (Å²) in [5.41, 5.74) is 6.53. The molecule has 1 rings (SSSR count). The van der Waals surface area contributed by atoms with E-state index in [-0.39, 0.29) is 11.9 Å². The van der Waals surface area contributed by atoms with Crippen LogP contribution in [0.1, 0.15) is 25.0 Å². The molecule has 0 radical (unpaired) electrons. The Morgan fingerprint density at radius 1 is 1.33 bits per heavy atom. The lowest BCUT2D eigenvalue weighted by atomic mass is 10.1. The zero-order valence-electron chi connectivity index (χ0n) is 10.8. The topological polar surface area (TPSA) is 69.4 Å². The van der Waals surface area contributed by atoms with E-state index in [1.54, 1.807) is 19.9 Å². The van der Waals surface area contributed by atoms with Crippen molar-refractivity contribution in [1.29, 1.82) is 0 Å². The Labute approximate surface area is 106 Å². The Bertz CT molecular complexity index is 490. The van der Waals surface area contributed by atoms with E-state index < -0.39 is 5.91 Å². The normalized spacial score (nSPS) is 10.9. The average Bonchev–Trinajstić information content (AvgIpc) is 2.29. The molecule has 0 spiro atoms. The molecule has 1 aromatic carbocycles. The van der Waals surface area contributed by atoms with Crippen molar-refractivity contribution in [2.24, 2.45) is 11.7 Å². The first kappa shape index (κ1) is 14.0. The van der Waals surface area contributed by atoms with Crippen LogP contribution in [0.25, 0.3) is 6.08 Å². The molecule has 0 aliphatic rings. The van der Waals surface area contributed by atoms with Gasteiger partial charge in [-0.3, -0.25) is 9.59 Å². The highest BCUT2D eigenvalue weighted by molar-refractivity contribution is 5.91. The summed E-state index contributed by atoms with van der Waals surface area (Å²) in [5.74, 6) is -0.595. The van der Waals surface area contributed by atoms with Crippen molar-refractivity contribution in [3.63, 3.8) is 0 Å². The molecule has 4 nitrogen and oxygen atoms in total. The van der Waals surface area contributed by atoms with Crippen LogP contribution < -0.4 is 10.5 Å². The van der Waals surface area contributed by atoms with Gasteiger partial charge in [0, 0.05) is 11.6 Å². The third-order valence-corrected chi connectivity index (χ3v) is 2.34. The molecule has 0 saturated carbocycles. The highest BCUT2D eigenvalue weighted by atomic mass is 16.5. The molecule has 1 amide bonds. The van der Waals surface area contributed by atoms with Gasteiger partial charge in [0.1, 0.15) is 5.75 Å². The number of benzene rings is 1. The first-order valence-corrected chi connectivity index (χ1v) is 5.70. The van der Waals surface area contributed by atoms with E-state index in [0.717, 1.165) is 5.56 Å². The van der Waals surface area contributed by atoms with Crippen LogP contribution in [0.4, 0.5) is 0 Å². The first-order valence-electron chi connectivity index (χ1n) is 5.70. The molecule has 0 aliphatic carbocycles. The van der Waals surface area contributed by atoms with Crippen LogP contribution in [0, 0.1) is 12.8 Å². The van der Waals surface area contributed by atoms with Crippen LogP contribution in [-0.2, 0) is 9.59 Å². The molecule has 0 saturated heterocycles. The molecule has 0 aliphatic heterocycles. The number of para-hydroxylation sites is 1. The standard InChI is InChI=1S/C14H17NO3/c1-9(2)14(17)18-13-10(3)5-4-6-11(13)7-8-12(15)16/h4-9H,1-3H3,(H2,15,16)/b8-7-. The number of hydrogen-bond acceptors (Lipinski definition) is 3. The largest absolute Gasteiger partial charge is 0.425 e. The van der Waals surface area contributed by atoms with Gasteiger partial charge in [0.05, 0.1) is 5.92 Å². The summed E-state index contributed by atoms with van der Waals surface area (Å²) >= 11 is 0. The van der Waals surface area contributed by atoms with Crippen molar-refractivity contribution in [1.82, 2.24) is 0 Å². The van der Waals surface area contributed by atoms with E-state index in [2.05, 4.69) is 0 Å². The Kier molecular flexibility index (Phi) is 4.66. The van der Waals surface area contributed by atoms with Gasteiger partial charge in [0.2, 0.25) is 5.91 Å². The zero-order chi connectivity index (χ0) is 13.7. The lowest BCUT2D eigenvalue weighted by Gasteiger charge is -2.12. The van der Waals surface area contributed by atoms with Crippen molar-refractivity contribution >= 4 is 18.0 Å². The lowest BCUT2D eigenvalue weighted by Crippen LogP contribution is -2.16. The number of carbonyl (C=O) groups is 2. The maximum absolute atomic E-state index is 11.6. The van der Waals surface area contributed by atoms with Crippen molar-refractivity contribution < 1.29 is 14.3 Å². The minimum atomic E-state index is -0.544. The van der Waals surface area contributed by atoms with Gasteiger partial charge in [0.15, 0.2) is 0 Å². The summed E-state index contributed by atoms with van der Waals surface area (Å²) in [7, 11) is 0. The van der Waals surface area contributed by atoms with E-state index in [4.69, 9.17) is 10.5 Å². The Morgan fingerprint density at radius 2 is 2.00 bits per heavy atom. The third kappa shape index (κ3) is 3.73. The number of rotatable bonds is 4. The van der Waals surface area contributed by atoms with Crippen molar-refractivity contribution in [2.75, 3.05) is 0 Å². The molecule has 1 aromatic rings. The number of nitrogens with two attached hydrogens (primary N) is 1. The van der Waals surface area contributed by atoms with Crippen molar-refractivity contribution in [3.8, 4) is 5.75 Å². The number of ether oxygens (including phenoxy) is 1. The smallest absolute Gasteiger partial charge is 0.313 e. The van der Waals surface area contributed by atoms with E-state index in [1.807, 2.05) is 19.1 Å². The molecule has 2 N–H and O–H groups in total. The molecule has 0 atom stereocenters. The molecule has 4 heteroatoms. The van der Waals surface area contributed by atoms with Gasteiger partial charge in [-0.1, -0.05) is 32.0 Å². The molecule has 0 aromatic heterocycles. The minimum absolute atomic E-state index is 0.211. The van der Waals surface area contributed by atoms with Gasteiger partial charge in [-0.15, -0.1) is 0 Å². The van der Waals surface area contributed by atoms with E-state index in [9.17, 15) is 9.59 Å². The molecule has 18 heavy (non-hydrogen) atoms. The highest BCUT2D eigenvalue weighted by Gasteiger charge is 2.13. The maximum atomic E-state index is 11.6. The second kappa shape index (κ2) is 6.00. The van der Waals surface area contributed by atoms with Crippen LogP contribution in [-0.4, -0.2) is 11.9 Å². The molecular formula is C14H17NO3. The second-order valence-corrected chi connectivity index (χ2v) is 4.30. The highest BCUT2D eigenvalue weighted by Crippen LogP contribution is 2.25. The van der Waals surface area contributed by atoms with E-state index >= 15 is 0 Å². The molecule has 0 fully saturated rings. The quantitative estimate of drug-likeness (QED) is 0.503. The van der Waals surface area contributed by atoms with Crippen LogP contribution in [0.3, 0.4) is 0 Å². The van der Waals surface area contributed by atoms with Crippen LogP contribution in [0.2, 0.25) is 0 Å². The lowest BCUT2D eigenvalue weighted by molar-refractivity contribution is -0.137. The molecule has 96 valence electrons. The summed E-state index contributed by atoms with van der Waals surface area (Å²) in [5, 5.41) is 0. The van der Waals surface area contributed by atoms with Gasteiger partial charge in [-0.05, 0) is 18.6 Å². The van der Waals surface area contributed by atoms with Gasteiger partial charge in [-0.2, -0.15) is 0 Å². The predicted molar refractivity (Wildman–Crippen MR) is 69.9 cm³/mol. The summed E-state index contributed by atoms with van der Waals surface area (Å²) in [6, 6.07) is 5.42. The fourth-order valence-electron chi connectivity index (χ4n) is 1.34. The SMILES string of the molecule is Cc1cccc(/C=C\C(N)=O)c1OC(=O)C(C)C. The first-order chi connectivity index (χ1) is 8.41. The number of primary amides is 1. The number of amides is 1. The van der Waals surface area contributed by atoms with Gasteiger partial charge >= 0.3 is 5.97 Å². The Morgan fingerprint density at radius 3 is 2.56 bits per heavy atom. The number of aryl methyl sites for hydroxylation is 1. The van der Waals surface area contributed by atoms with E-state index in [0.29, 0.717) is 11.3 Å². The van der Waals surface area contributed by atoms with Crippen LogP contribution in [0.5, 0.6) is 5.75 Å². The Balaban J connectivity index is 3.08. The Hall–Kier alpha value is -2.10. The third-order valence-electron chi connectivity index (χ3n) is 2.34. The number of esters is 1.